The first-order valence-electron chi connectivity index (χ1n) is 6.70. The second-order valence-corrected chi connectivity index (χ2v) is 5.97. The van der Waals surface area contributed by atoms with E-state index in [0.29, 0.717) is 5.82 Å². The predicted octanol–water partition coefficient (Wildman–Crippen LogP) is 2.57. The average Bonchev–Trinajstić information content (AvgIpc) is 2.86. The Morgan fingerprint density at radius 1 is 1.32 bits per heavy atom. The molecule has 0 spiro atoms. The van der Waals surface area contributed by atoms with Gasteiger partial charge in [-0.05, 0) is 6.42 Å². The minimum atomic E-state index is -0.0272. The van der Waals surface area contributed by atoms with Crippen LogP contribution >= 0.6 is 0 Å². The van der Waals surface area contributed by atoms with E-state index in [4.69, 9.17) is 10.7 Å². The van der Waals surface area contributed by atoms with Crippen LogP contribution in [0.1, 0.15) is 39.9 Å². The van der Waals surface area contributed by atoms with Gasteiger partial charge in [-0.3, -0.25) is 4.68 Å². The molecular weight excluding hydrogens is 238 g/mol. The lowest BCUT2D eigenvalue weighted by atomic mass is 9.96. The summed E-state index contributed by atoms with van der Waals surface area (Å²) in [5.41, 5.74) is 7.96. The van der Waals surface area contributed by atoms with Gasteiger partial charge in [0.1, 0.15) is 17.3 Å². The quantitative estimate of drug-likeness (QED) is 0.923. The first-order chi connectivity index (χ1) is 8.84. The number of nitrogen functional groups attached to an aromatic ring is 1. The molecule has 0 radical (unpaired) electrons. The Morgan fingerprint density at radius 3 is 2.53 bits per heavy atom. The molecule has 2 aromatic heterocycles. The van der Waals surface area contributed by atoms with Crippen molar-refractivity contribution in [3.63, 3.8) is 0 Å². The van der Waals surface area contributed by atoms with Crippen molar-refractivity contribution in [2.45, 2.75) is 46.1 Å². The van der Waals surface area contributed by atoms with Crippen molar-refractivity contribution in [1.82, 2.24) is 19.3 Å². The Bertz CT molecular complexity index is 571. The highest BCUT2D eigenvalue weighted by atomic mass is 15.3. The van der Waals surface area contributed by atoms with Crippen LogP contribution in [0.3, 0.4) is 0 Å². The minimum Gasteiger partial charge on any atom is -0.383 e. The summed E-state index contributed by atoms with van der Waals surface area (Å²) in [7, 11) is 1.96. The van der Waals surface area contributed by atoms with E-state index in [0.717, 1.165) is 30.0 Å². The monoisotopic (exact) mass is 261 g/mol. The molecule has 0 aliphatic carbocycles. The summed E-state index contributed by atoms with van der Waals surface area (Å²) in [6.07, 6.45) is 4.90. The molecule has 19 heavy (non-hydrogen) atoms. The van der Waals surface area contributed by atoms with Crippen LogP contribution in [-0.2, 0) is 19.0 Å². The molecule has 0 amide bonds. The van der Waals surface area contributed by atoms with Gasteiger partial charge in [0.05, 0.1) is 6.20 Å². The molecule has 2 aromatic rings. The van der Waals surface area contributed by atoms with Gasteiger partial charge in [0.25, 0.3) is 0 Å². The topological polar surface area (TPSA) is 61.7 Å². The predicted molar refractivity (Wildman–Crippen MR) is 77.8 cm³/mol. The van der Waals surface area contributed by atoms with E-state index in [-0.39, 0.29) is 5.41 Å². The molecule has 5 nitrogen and oxygen atoms in total. The molecule has 5 heteroatoms. The van der Waals surface area contributed by atoms with E-state index >= 15 is 0 Å². The van der Waals surface area contributed by atoms with Crippen molar-refractivity contribution in [1.29, 1.82) is 0 Å². The molecule has 0 aliphatic rings. The number of nitrogens with zero attached hydrogens (tertiary/aromatic N) is 4. The Morgan fingerprint density at radius 2 is 2.00 bits per heavy atom. The number of imidazole rings is 1. The maximum absolute atomic E-state index is 6.18. The zero-order valence-electron chi connectivity index (χ0n) is 12.4. The smallest absolute Gasteiger partial charge is 0.131 e. The van der Waals surface area contributed by atoms with Crippen molar-refractivity contribution in [2.75, 3.05) is 5.73 Å². The second kappa shape index (κ2) is 4.72. The summed E-state index contributed by atoms with van der Waals surface area (Å²) < 4.78 is 3.90. The fourth-order valence-corrected chi connectivity index (χ4v) is 2.23. The fraction of sp³-hybridized carbons (Fsp3) is 0.571. The molecule has 104 valence electrons. The average molecular weight is 261 g/mol. The normalized spacial score (nSPS) is 12.1. The zero-order valence-corrected chi connectivity index (χ0v) is 12.4. The highest BCUT2D eigenvalue weighted by Gasteiger charge is 2.24. The number of hydrogen-bond donors (Lipinski definition) is 1. The van der Waals surface area contributed by atoms with Gasteiger partial charge < -0.3 is 10.3 Å². The summed E-state index contributed by atoms with van der Waals surface area (Å²) in [5, 5.41) is 4.34. The van der Waals surface area contributed by atoms with Gasteiger partial charge in [0.2, 0.25) is 0 Å². The van der Waals surface area contributed by atoms with Crippen LogP contribution in [0.15, 0.2) is 12.4 Å². The van der Waals surface area contributed by atoms with E-state index < -0.39 is 0 Å². The fourth-order valence-electron chi connectivity index (χ4n) is 2.23. The molecule has 2 rings (SSSR count). The van der Waals surface area contributed by atoms with Crippen molar-refractivity contribution >= 4 is 5.82 Å². The highest BCUT2D eigenvalue weighted by Crippen LogP contribution is 2.30. The summed E-state index contributed by atoms with van der Waals surface area (Å²) in [4.78, 5) is 4.71. The molecule has 0 atom stereocenters. The number of hydrogen-bond acceptors (Lipinski definition) is 3. The van der Waals surface area contributed by atoms with Crippen LogP contribution in [0.25, 0.3) is 11.3 Å². The van der Waals surface area contributed by atoms with Gasteiger partial charge in [0.15, 0.2) is 0 Å². The van der Waals surface area contributed by atoms with Crippen molar-refractivity contribution in [3.8, 4) is 11.3 Å². The molecule has 0 saturated heterocycles. The Kier molecular flexibility index (Phi) is 3.39. The summed E-state index contributed by atoms with van der Waals surface area (Å²) in [6, 6.07) is 0. The third kappa shape index (κ3) is 2.50. The summed E-state index contributed by atoms with van der Waals surface area (Å²) >= 11 is 0. The van der Waals surface area contributed by atoms with Crippen LogP contribution in [0.5, 0.6) is 0 Å². The lowest BCUT2D eigenvalue weighted by Crippen LogP contribution is -2.17. The van der Waals surface area contributed by atoms with E-state index in [9.17, 15) is 0 Å². The number of aryl methyl sites for hydroxylation is 1. The standard InChI is InChI=1S/C14H23N5/c1-6-7-19-9-10(8-16-19)11-12(15)18(5)13(17-11)14(2,3)4/h8-9H,6-7,15H2,1-5H3. The SMILES string of the molecule is CCCn1cc(-c2nc(C(C)(C)C)n(C)c2N)cn1. The Balaban J connectivity index is 2.45. The van der Waals surface area contributed by atoms with Crippen LogP contribution in [0.2, 0.25) is 0 Å². The first kappa shape index (κ1) is 13.6. The lowest BCUT2D eigenvalue weighted by molar-refractivity contribution is 0.524. The molecule has 0 aromatic carbocycles. The highest BCUT2D eigenvalue weighted by molar-refractivity contribution is 5.70. The number of aromatic nitrogens is 4. The largest absolute Gasteiger partial charge is 0.383 e. The minimum absolute atomic E-state index is 0.0272. The van der Waals surface area contributed by atoms with E-state index in [1.54, 1.807) is 0 Å². The maximum Gasteiger partial charge on any atom is 0.131 e. The number of anilines is 1. The van der Waals surface area contributed by atoms with Gasteiger partial charge in [-0.15, -0.1) is 0 Å². The van der Waals surface area contributed by atoms with Gasteiger partial charge in [-0.25, -0.2) is 4.98 Å². The molecule has 0 unspecified atom stereocenters. The first-order valence-corrected chi connectivity index (χ1v) is 6.70. The van der Waals surface area contributed by atoms with Crippen LogP contribution < -0.4 is 5.73 Å². The molecular formula is C14H23N5. The Labute approximate surface area is 114 Å². The second-order valence-electron chi connectivity index (χ2n) is 5.97. The van der Waals surface area contributed by atoms with Gasteiger partial charge in [-0.2, -0.15) is 5.10 Å². The number of rotatable bonds is 3. The van der Waals surface area contributed by atoms with E-state index in [1.165, 1.54) is 0 Å². The Hall–Kier alpha value is -1.78. The van der Waals surface area contributed by atoms with Crippen molar-refractivity contribution < 1.29 is 0 Å². The molecule has 2 N–H and O–H groups in total. The van der Waals surface area contributed by atoms with E-state index in [2.05, 4.69) is 32.8 Å². The molecule has 2 heterocycles. The molecule has 0 saturated carbocycles. The van der Waals surface area contributed by atoms with Gasteiger partial charge in [-0.1, -0.05) is 27.7 Å². The number of nitrogens with two attached hydrogens (primary N) is 1. The zero-order chi connectivity index (χ0) is 14.2. The van der Waals surface area contributed by atoms with Crippen LogP contribution in [-0.4, -0.2) is 19.3 Å². The molecule has 0 bridgehead atoms. The van der Waals surface area contributed by atoms with Crippen LogP contribution in [0, 0.1) is 0 Å². The summed E-state index contributed by atoms with van der Waals surface area (Å²) in [5.74, 6) is 1.68. The molecule has 0 fully saturated rings. The summed E-state index contributed by atoms with van der Waals surface area (Å²) in [6.45, 7) is 9.46. The third-order valence-electron chi connectivity index (χ3n) is 3.17. The van der Waals surface area contributed by atoms with Crippen LogP contribution in [0.4, 0.5) is 5.82 Å². The van der Waals surface area contributed by atoms with Gasteiger partial charge in [0, 0.05) is 30.8 Å². The lowest BCUT2D eigenvalue weighted by Gasteiger charge is -2.17. The van der Waals surface area contributed by atoms with Crippen molar-refractivity contribution in [3.05, 3.63) is 18.2 Å². The third-order valence-corrected chi connectivity index (χ3v) is 3.17. The molecule has 0 aliphatic heterocycles. The van der Waals surface area contributed by atoms with E-state index in [1.807, 2.05) is 28.7 Å². The maximum atomic E-state index is 6.18. The van der Waals surface area contributed by atoms with Gasteiger partial charge >= 0.3 is 0 Å². The van der Waals surface area contributed by atoms with Crippen molar-refractivity contribution in [2.24, 2.45) is 7.05 Å².